The van der Waals surface area contributed by atoms with Gasteiger partial charge in [0.2, 0.25) is 0 Å². The number of nitrogens with zero attached hydrogens (tertiary/aromatic N) is 1. The van der Waals surface area contributed by atoms with Crippen molar-refractivity contribution in [2.45, 2.75) is 16.8 Å². The molecule has 0 aliphatic heterocycles. The van der Waals surface area contributed by atoms with Gasteiger partial charge in [0.05, 0.1) is 4.92 Å². The molecule has 0 radical (unpaired) electrons. The van der Waals surface area contributed by atoms with Crippen molar-refractivity contribution < 1.29 is 14.5 Å². The molecule has 0 aromatic heterocycles. The van der Waals surface area contributed by atoms with Gasteiger partial charge >= 0.3 is 5.97 Å². The Morgan fingerprint density at radius 1 is 1.53 bits per heavy atom. The molecule has 0 N–H and O–H groups in total. The van der Waals surface area contributed by atoms with Crippen molar-refractivity contribution in [2.75, 3.05) is 5.75 Å². The number of nitro benzene ring substituents is 1. The average Bonchev–Trinajstić information content (AvgIpc) is 2.26. The predicted molar refractivity (Wildman–Crippen MR) is 68.3 cm³/mol. The lowest BCUT2D eigenvalue weighted by atomic mass is 10.3. The summed E-state index contributed by atoms with van der Waals surface area (Å²) in [6.07, 6.45) is 0. The van der Waals surface area contributed by atoms with Gasteiger partial charge in [0.15, 0.2) is 5.01 Å². The van der Waals surface area contributed by atoms with E-state index in [1.54, 1.807) is 12.1 Å². The first-order valence-corrected chi connectivity index (χ1v) is 6.57. The molecule has 1 unspecified atom stereocenters. The molecule has 0 fully saturated rings. The largest absolute Gasteiger partial charge is 0.450 e. The van der Waals surface area contributed by atoms with Crippen molar-refractivity contribution in [2.24, 2.45) is 0 Å². The molecule has 1 rings (SSSR count). The second-order valence-electron chi connectivity index (χ2n) is 3.08. The molecule has 1 aromatic rings. The van der Waals surface area contributed by atoms with E-state index in [2.05, 4.69) is 15.9 Å². The zero-order valence-corrected chi connectivity index (χ0v) is 11.4. The highest BCUT2D eigenvalue weighted by atomic mass is 79.9. The second kappa shape index (κ2) is 6.61. The van der Waals surface area contributed by atoms with Crippen LogP contribution in [0.5, 0.6) is 0 Å². The number of esters is 1. The van der Waals surface area contributed by atoms with Crippen LogP contribution in [0.4, 0.5) is 5.69 Å². The summed E-state index contributed by atoms with van der Waals surface area (Å²) in [5.74, 6) is 0.188. The smallest absolute Gasteiger partial charge is 0.303 e. The van der Waals surface area contributed by atoms with Gasteiger partial charge in [-0.15, -0.1) is 11.8 Å². The van der Waals surface area contributed by atoms with Crippen LogP contribution < -0.4 is 0 Å². The highest BCUT2D eigenvalue weighted by Gasteiger charge is 2.09. The van der Waals surface area contributed by atoms with E-state index in [1.807, 2.05) is 0 Å². The Kier molecular flexibility index (Phi) is 5.43. The van der Waals surface area contributed by atoms with E-state index in [0.717, 1.165) is 4.90 Å². The Morgan fingerprint density at radius 2 is 2.12 bits per heavy atom. The molecular weight excluding hydrogens is 310 g/mol. The van der Waals surface area contributed by atoms with E-state index in [1.165, 1.54) is 30.8 Å². The normalized spacial score (nSPS) is 11.9. The summed E-state index contributed by atoms with van der Waals surface area (Å²) in [5.41, 5.74) is 0.0599. The van der Waals surface area contributed by atoms with Gasteiger partial charge in [0.1, 0.15) is 0 Å². The number of halogens is 1. The first-order chi connectivity index (χ1) is 7.99. The first kappa shape index (κ1) is 14.0. The summed E-state index contributed by atoms with van der Waals surface area (Å²) in [6, 6.07) is 6.21. The molecule has 0 spiro atoms. The maximum Gasteiger partial charge on any atom is 0.303 e. The third-order valence-corrected chi connectivity index (χ3v) is 3.74. The summed E-state index contributed by atoms with van der Waals surface area (Å²) < 4.78 is 4.88. The van der Waals surface area contributed by atoms with Crippen LogP contribution in [0.25, 0.3) is 0 Å². The molecule has 0 bridgehead atoms. The van der Waals surface area contributed by atoms with Crippen LogP contribution in [-0.2, 0) is 9.53 Å². The van der Waals surface area contributed by atoms with Crippen LogP contribution in [0, 0.1) is 10.1 Å². The number of carbonyl (C=O) groups excluding carboxylic acids is 1. The van der Waals surface area contributed by atoms with Crippen LogP contribution in [0.1, 0.15) is 6.92 Å². The lowest BCUT2D eigenvalue weighted by Crippen LogP contribution is -2.11. The molecule has 0 amide bonds. The average molecular weight is 320 g/mol. The van der Waals surface area contributed by atoms with E-state index in [9.17, 15) is 14.9 Å². The number of hydrogen-bond donors (Lipinski definition) is 0. The van der Waals surface area contributed by atoms with Gasteiger partial charge in [-0.25, -0.2) is 0 Å². The van der Waals surface area contributed by atoms with Crippen molar-refractivity contribution in [3.63, 3.8) is 0 Å². The summed E-state index contributed by atoms with van der Waals surface area (Å²) >= 11 is 4.65. The fourth-order valence-electron chi connectivity index (χ4n) is 1.04. The number of hydrogen-bond acceptors (Lipinski definition) is 5. The van der Waals surface area contributed by atoms with Crippen LogP contribution in [0.3, 0.4) is 0 Å². The van der Waals surface area contributed by atoms with E-state index in [-0.39, 0.29) is 16.7 Å². The van der Waals surface area contributed by atoms with Crippen LogP contribution in [0.15, 0.2) is 29.2 Å². The van der Waals surface area contributed by atoms with Gasteiger partial charge in [0, 0.05) is 29.7 Å². The first-order valence-electron chi connectivity index (χ1n) is 4.67. The number of nitro groups is 1. The molecule has 1 atom stereocenters. The van der Waals surface area contributed by atoms with Crippen molar-refractivity contribution in [3.05, 3.63) is 34.4 Å². The highest BCUT2D eigenvalue weighted by molar-refractivity contribution is 9.09. The minimum absolute atomic E-state index is 0.0599. The molecule has 17 heavy (non-hydrogen) atoms. The van der Waals surface area contributed by atoms with E-state index in [4.69, 9.17) is 4.74 Å². The lowest BCUT2D eigenvalue weighted by molar-refractivity contribution is -0.384. The van der Waals surface area contributed by atoms with Crippen LogP contribution in [0.2, 0.25) is 0 Å². The number of ether oxygens (including phenoxy) is 1. The quantitative estimate of drug-likeness (QED) is 0.274. The number of non-ortho nitro benzene ring substituents is 1. The molecular formula is C10H10BrNO4S. The SMILES string of the molecule is CC(=O)OC(Br)CSc1ccc([N+](=O)[O-])cc1. The summed E-state index contributed by atoms with van der Waals surface area (Å²) in [4.78, 5) is 21.5. The topological polar surface area (TPSA) is 69.4 Å². The molecule has 92 valence electrons. The lowest BCUT2D eigenvalue weighted by Gasteiger charge is -2.09. The van der Waals surface area contributed by atoms with Crippen molar-refractivity contribution in [1.29, 1.82) is 0 Å². The Hall–Kier alpha value is -1.08. The summed E-state index contributed by atoms with van der Waals surface area (Å²) in [6.45, 7) is 1.34. The van der Waals surface area contributed by atoms with Crippen molar-refractivity contribution in [1.82, 2.24) is 0 Å². The van der Waals surface area contributed by atoms with Crippen LogP contribution >= 0.6 is 27.7 Å². The molecule has 0 saturated carbocycles. The summed E-state index contributed by atoms with van der Waals surface area (Å²) in [7, 11) is 0. The van der Waals surface area contributed by atoms with Crippen molar-refractivity contribution >= 4 is 39.3 Å². The van der Waals surface area contributed by atoms with Gasteiger partial charge in [-0.05, 0) is 28.1 Å². The molecule has 0 aliphatic rings. The molecule has 7 heteroatoms. The van der Waals surface area contributed by atoms with E-state index >= 15 is 0 Å². The van der Waals surface area contributed by atoms with Gasteiger partial charge in [-0.2, -0.15) is 0 Å². The number of benzene rings is 1. The predicted octanol–water partition coefficient (Wildman–Crippen LogP) is 2.97. The monoisotopic (exact) mass is 319 g/mol. The molecule has 0 saturated heterocycles. The molecule has 0 aliphatic carbocycles. The number of alkyl halides is 1. The Balaban J connectivity index is 2.47. The minimum atomic E-state index is -0.444. The fraction of sp³-hybridized carbons (Fsp3) is 0.300. The zero-order valence-electron chi connectivity index (χ0n) is 8.96. The molecule has 5 nitrogen and oxygen atoms in total. The van der Waals surface area contributed by atoms with Crippen LogP contribution in [-0.4, -0.2) is 21.7 Å². The minimum Gasteiger partial charge on any atom is -0.450 e. The summed E-state index contributed by atoms with van der Waals surface area (Å²) in [5, 5.41) is 10.1. The van der Waals surface area contributed by atoms with Gasteiger partial charge in [-0.1, -0.05) is 0 Å². The van der Waals surface area contributed by atoms with Gasteiger partial charge in [0.25, 0.3) is 5.69 Å². The van der Waals surface area contributed by atoms with Gasteiger partial charge in [-0.3, -0.25) is 14.9 Å². The number of rotatable bonds is 5. The number of thioether (sulfide) groups is 1. The Bertz CT molecular complexity index is 409. The third kappa shape index (κ3) is 5.18. The fourth-order valence-corrected chi connectivity index (χ4v) is 2.42. The third-order valence-electron chi connectivity index (χ3n) is 1.72. The number of carbonyl (C=O) groups is 1. The standard InChI is InChI=1S/C10H10BrNO4S/c1-7(13)16-10(11)6-17-9-4-2-8(3-5-9)12(14)15/h2-5,10H,6H2,1H3. The van der Waals surface area contributed by atoms with E-state index in [0.29, 0.717) is 5.75 Å². The van der Waals surface area contributed by atoms with Crippen molar-refractivity contribution in [3.8, 4) is 0 Å². The zero-order chi connectivity index (χ0) is 12.8. The maximum absolute atomic E-state index is 10.6. The van der Waals surface area contributed by atoms with E-state index < -0.39 is 4.92 Å². The Morgan fingerprint density at radius 3 is 2.59 bits per heavy atom. The Labute approximate surface area is 111 Å². The van der Waals surface area contributed by atoms with Gasteiger partial charge < -0.3 is 4.74 Å². The maximum atomic E-state index is 10.6. The highest BCUT2D eigenvalue weighted by Crippen LogP contribution is 2.23. The molecule has 1 aromatic carbocycles. The molecule has 0 heterocycles. The second-order valence-corrected chi connectivity index (χ2v) is 5.20.